The van der Waals surface area contributed by atoms with Crippen molar-refractivity contribution in [1.29, 1.82) is 0 Å². The summed E-state index contributed by atoms with van der Waals surface area (Å²) >= 11 is 6.10. The number of amides is 1. The van der Waals surface area contributed by atoms with Gasteiger partial charge in [0, 0.05) is 11.6 Å². The van der Waals surface area contributed by atoms with Crippen molar-refractivity contribution >= 4 is 17.5 Å². The molecule has 2 aliphatic heterocycles. The van der Waals surface area contributed by atoms with Crippen LogP contribution in [0.5, 0.6) is 11.5 Å². The van der Waals surface area contributed by atoms with E-state index in [1.807, 2.05) is 35.2 Å². The van der Waals surface area contributed by atoms with Crippen LogP contribution in [0.2, 0.25) is 5.02 Å². The Bertz CT molecular complexity index is 805. The molecule has 0 saturated carbocycles. The Hall–Kier alpha value is -2.20. The van der Waals surface area contributed by atoms with Crippen molar-refractivity contribution in [2.45, 2.75) is 25.3 Å². The number of halogens is 1. The van der Waals surface area contributed by atoms with Gasteiger partial charge in [-0.05, 0) is 60.7 Å². The minimum atomic E-state index is -0.153. The average molecular weight is 372 g/mol. The van der Waals surface area contributed by atoms with E-state index in [1.165, 1.54) is 0 Å². The molecule has 0 N–H and O–H groups in total. The van der Waals surface area contributed by atoms with E-state index in [-0.39, 0.29) is 17.9 Å². The van der Waals surface area contributed by atoms with E-state index in [0.717, 1.165) is 42.0 Å². The number of carbonyl (C=O) groups is 1. The minimum Gasteiger partial charge on any atom is -0.497 e. The van der Waals surface area contributed by atoms with Crippen LogP contribution in [0.4, 0.5) is 0 Å². The molecular formula is C21H22ClNO3. The van der Waals surface area contributed by atoms with Crippen LogP contribution in [0, 0.1) is 5.92 Å². The summed E-state index contributed by atoms with van der Waals surface area (Å²) in [5.41, 5.74) is 2.18. The topological polar surface area (TPSA) is 38.8 Å². The first-order valence-electron chi connectivity index (χ1n) is 9.01. The van der Waals surface area contributed by atoms with Crippen LogP contribution in [0.1, 0.15) is 30.0 Å². The van der Waals surface area contributed by atoms with E-state index in [4.69, 9.17) is 21.1 Å². The van der Waals surface area contributed by atoms with Crippen LogP contribution in [0.15, 0.2) is 42.5 Å². The molecule has 2 aromatic carbocycles. The fourth-order valence-corrected chi connectivity index (χ4v) is 4.15. The number of fused-ring (bicyclic) bond motifs is 1. The molecule has 1 fully saturated rings. The molecule has 4 nitrogen and oxygen atoms in total. The number of likely N-dealkylation sites (tertiary alicyclic amines) is 1. The van der Waals surface area contributed by atoms with Gasteiger partial charge in [-0.3, -0.25) is 4.79 Å². The lowest BCUT2D eigenvalue weighted by Crippen LogP contribution is -2.40. The van der Waals surface area contributed by atoms with Gasteiger partial charge in [0.05, 0.1) is 19.1 Å². The van der Waals surface area contributed by atoms with Gasteiger partial charge < -0.3 is 14.4 Å². The molecule has 136 valence electrons. The first-order valence-corrected chi connectivity index (χ1v) is 9.39. The number of rotatable bonds is 3. The van der Waals surface area contributed by atoms with Crippen LogP contribution in [-0.2, 0) is 11.2 Å². The lowest BCUT2D eigenvalue weighted by molar-refractivity contribution is -0.137. The summed E-state index contributed by atoms with van der Waals surface area (Å²) in [6.07, 6.45) is 2.70. The molecule has 26 heavy (non-hydrogen) atoms. The molecule has 2 heterocycles. The molecule has 2 unspecified atom stereocenters. The molecule has 1 amide bonds. The quantitative estimate of drug-likeness (QED) is 0.809. The van der Waals surface area contributed by atoms with Crippen molar-refractivity contribution in [3.63, 3.8) is 0 Å². The summed E-state index contributed by atoms with van der Waals surface area (Å²) in [5, 5.41) is 0.678. The summed E-state index contributed by atoms with van der Waals surface area (Å²) in [6.45, 7) is 1.23. The normalized spacial score (nSPS) is 21.8. The van der Waals surface area contributed by atoms with Gasteiger partial charge in [0.25, 0.3) is 0 Å². The molecule has 0 spiro atoms. The third-order valence-electron chi connectivity index (χ3n) is 5.31. The SMILES string of the molecule is COc1ccc(C2CCCN2C(=O)C2COc3ccc(Cl)cc3C2)cc1. The molecule has 0 aliphatic carbocycles. The summed E-state index contributed by atoms with van der Waals surface area (Å²) < 4.78 is 11.1. The van der Waals surface area contributed by atoms with E-state index >= 15 is 0 Å². The van der Waals surface area contributed by atoms with Crippen molar-refractivity contribution in [3.8, 4) is 11.5 Å². The van der Waals surface area contributed by atoms with Crippen LogP contribution in [0.25, 0.3) is 0 Å². The second kappa shape index (κ2) is 7.20. The Morgan fingerprint density at radius 1 is 1.23 bits per heavy atom. The van der Waals surface area contributed by atoms with Crippen molar-refractivity contribution in [2.75, 3.05) is 20.3 Å². The van der Waals surface area contributed by atoms with Crippen molar-refractivity contribution < 1.29 is 14.3 Å². The zero-order valence-electron chi connectivity index (χ0n) is 14.8. The number of hydrogen-bond acceptors (Lipinski definition) is 3. The second-order valence-corrected chi connectivity index (χ2v) is 7.36. The third-order valence-corrected chi connectivity index (χ3v) is 5.55. The Kier molecular flexibility index (Phi) is 4.77. The molecular weight excluding hydrogens is 350 g/mol. The predicted molar refractivity (Wildman–Crippen MR) is 101 cm³/mol. The molecule has 2 aliphatic rings. The Balaban J connectivity index is 1.51. The summed E-state index contributed by atoms with van der Waals surface area (Å²) in [7, 11) is 1.66. The van der Waals surface area contributed by atoms with Gasteiger partial charge in [-0.2, -0.15) is 0 Å². The first kappa shape index (κ1) is 17.2. The van der Waals surface area contributed by atoms with Crippen molar-refractivity contribution in [1.82, 2.24) is 4.90 Å². The molecule has 0 aromatic heterocycles. The molecule has 0 bridgehead atoms. The zero-order valence-corrected chi connectivity index (χ0v) is 15.5. The maximum absolute atomic E-state index is 13.2. The highest BCUT2D eigenvalue weighted by Crippen LogP contribution is 2.36. The van der Waals surface area contributed by atoms with E-state index in [2.05, 4.69) is 12.1 Å². The predicted octanol–water partition coefficient (Wildman–Crippen LogP) is 4.26. The molecule has 5 heteroatoms. The molecule has 1 saturated heterocycles. The highest BCUT2D eigenvalue weighted by atomic mass is 35.5. The Morgan fingerprint density at radius 3 is 2.81 bits per heavy atom. The molecule has 0 radical (unpaired) electrons. The average Bonchev–Trinajstić information content (AvgIpc) is 3.16. The Labute approximate surface area is 158 Å². The number of nitrogens with zero attached hydrogens (tertiary/aromatic N) is 1. The number of methoxy groups -OCH3 is 1. The van der Waals surface area contributed by atoms with Gasteiger partial charge in [-0.25, -0.2) is 0 Å². The zero-order chi connectivity index (χ0) is 18.1. The van der Waals surface area contributed by atoms with Gasteiger partial charge in [0.15, 0.2) is 0 Å². The Morgan fingerprint density at radius 2 is 2.04 bits per heavy atom. The summed E-state index contributed by atoms with van der Waals surface area (Å²) in [5.74, 6) is 1.69. The standard InChI is InChI=1S/C21H22ClNO3/c1-25-18-7-4-14(5-8-18)19-3-2-10-23(19)21(24)16-11-15-12-17(22)6-9-20(15)26-13-16/h4-9,12,16,19H,2-3,10-11,13H2,1H3. The van der Waals surface area contributed by atoms with Crippen LogP contribution in [-0.4, -0.2) is 31.1 Å². The first-order chi connectivity index (χ1) is 12.7. The van der Waals surface area contributed by atoms with E-state index in [9.17, 15) is 4.79 Å². The fraction of sp³-hybridized carbons (Fsp3) is 0.381. The van der Waals surface area contributed by atoms with Gasteiger partial charge >= 0.3 is 0 Å². The van der Waals surface area contributed by atoms with Crippen LogP contribution in [0.3, 0.4) is 0 Å². The van der Waals surface area contributed by atoms with Crippen molar-refractivity contribution in [2.24, 2.45) is 5.92 Å². The third kappa shape index (κ3) is 3.26. The second-order valence-electron chi connectivity index (χ2n) is 6.93. The molecule has 4 rings (SSSR count). The summed E-state index contributed by atoms with van der Waals surface area (Å²) in [4.78, 5) is 15.2. The van der Waals surface area contributed by atoms with Crippen molar-refractivity contribution in [3.05, 3.63) is 58.6 Å². The molecule has 2 atom stereocenters. The van der Waals surface area contributed by atoms with Gasteiger partial charge in [0.1, 0.15) is 18.1 Å². The number of hydrogen-bond donors (Lipinski definition) is 0. The lowest BCUT2D eigenvalue weighted by atomic mass is 9.94. The van der Waals surface area contributed by atoms with Gasteiger partial charge in [0.2, 0.25) is 5.91 Å². The van der Waals surface area contributed by atoms with Crippen LogP contribution >= 0.6 is 11.6 Å². The largest absolute Gasteiger partial charge is 0.497 e. The summed E-state index contributed by atoms with van der Waals surface area (Å²) in [6, 6.07) is 13.8. The maximum Gasteiger partial charge on any atom is 0.229 e. The number of ether oxygens (including phenoxy) is 2. The smallest absolute Gasteiger partial charge is 0.229 e. The van der Waals surface area contributed by atoms with E-state index < -0.39 is 0 Å². The monoisotopic (exact) mass is 371 g/mol. The molecule has 2 aromatic rings. The maximum atomic E-state index is 13.2. The number of benzene rings is 2. The minimum absolute atomic E-state index is 0.133. The number of carbonyl (C=O) groups excluding carboxylic acids is 1. The highest BCUT2D eigenvalue weighted by Gasteiger charge is 2.36. The van der Waals surface area contributed by atoms with Gasteiger partial charge in [-0.15, -0.1) is 0 Å². The van der Waals surface area contributed by atoms with Crippen LogP contribution < -0.4 is 9.47 Å². The highest BCUT2D eigenvalue weighted by molar-refractivity contribution is 6.30. The van der Waals surface area contributed by atoms with Gasteiger partial charge in [-0.1, -0.05) is 23.7 Å². The van der Waals surface area contributed by atoms with E-state index in [1.54, 1.807) is 7.11 Å². The fourth-order valence-electron chi connectivity index (χ4n) is 3.96. The van der Waals surface area contributed by atoms with E-state index in [0.29, 0.717) is 18.1 Å². The lowest BCUT2D eigenvalue weighted by Gasteiger charge is -2.31.